The number of hydrogen-bond donors (Lipinski definition) is 1. The Kier molecular flexibility index (Phi) is 6.71. The van der Waals surface area contributed by atoms with Gasteiger partial charge in [-0.05, 0) is 42.2 Å². The number of nitrogens with zero attached hydrogens (tertiary/aromatic N) is 1. The van der Waals surface area contributed by atoms with E-state index in [4.69, 9.17) is 4.74 Å². The van der Waals surface area contributed by atoms with Crippen LogP contribution < -0.4 is 5.32 Å². The molecule has 1 N–H and O–H groups in total. The van der Waals surface area contributed by atoms with Gasteiger partial charge in [0.1, 0.15) is 0 Å². The third kappa shape index (κ3) is 5.35. The Morgan fingerprint density at radius 1 is 1.29 bits per heavy atom. The molecular formula is C19H20N2O3. The van der Waals surface area contributed by atoms with Gasteiger partial charge in [-0.2, -0.15) is 0 Å². The molecule has 1 aromatic carbocycles. The van der Waals surface area contributed by atoms with E-state index < -0.39 is 0 Å². The fourth-order valence-corrected chi connectivity index (χ4v) is 2.29. The van der Waals surface area contributed by atoms with Crippen molar-refractivity contribution >= 4 is 18.5 Å². The van der Waals surface area contributed by atoms with E-state index in [1.807, 2.05) is 36.4 Å². The molecule has 0 fully saturated rings. The van der Waals surface area contributed by atoms with Crippen LogP contribution in [-0.4, -0.2) is 24.0 Å². The molecule has 0 saturated heterocycles. The lowest BCUT2D eigenvalue weighted by Crippen LogP contribution is -2.21. The SMILES string of the molecule is CCOC(=O)/C=C/c1ccc(CC(NC=O)c2cccnc2)cc1. The minimum atomic E-state index is -0.353. The normalized spacial score (nSPS) is 11.9. The summed E-state index contributed by atoms with van der Waals surface area (Å²) in [4.78, 5) is 26.2. The van der Waals surface area contributed by atoms with Gasteiger partial charge in [-0.25, -0.2) is 4.79 Å². The first kappa shape index (κ1) is 17.4. The minimum absolute atomic E-state index is 0.128. The van der Waals surface area contributed by atoms with Gasteiger partial charge in [-0.15, -0.1) is 0 Å². The number of nitrogens with one attached hydrogen (secondary N) is 1. The summed E-state index contributed by atoms with van der Waals surface area (Å²) in [6, 6.07) is 11.4. The second-order valence-electron chi connectivity index (χ2n) is 5.15. The number of benzene rings is 1. The molecule has 0 aliphatic rings. The van der Waals surface area contributed by atoms with Crippen LogP contribution in [0.3, 0.4) is 0 Å². The number of carbonyl (C=O) groups excluding carboxylic acids is 2. The number of pyridine rings is 1. The van der Waals surface area contributed by atoms with Crippen LogP contribution >= 0.6 is 0 Å². The Morgan fingerprint density at radius 2 is 2.08 bits per heavy atom. The highest BCUT2D eigenvalue weighted by Crippen LogP contribution is 2.18. The van der Waals surface area contributed by atoms with Gasteiger partial charge >= 0.3 is 5.97 Å². The maximum atomic E-state index is 11.3. The van der Waals surface area contributed by atoms with Crippen molar-refractivity contribution in [2.45, 2.75) is 19.4 Å². The average Bonchev–Trinajstić information content (AvgIpc) is 2.62. The summed E-state index contributed by atoms with van der Waals surface area (Å²) >= 11 is 0. The summed E-state index contributed by atoms with van der Waals surface area (Å²) in [5.41, 5.74) is 2.94. The van der Waals surface area contributed by atoms with Crippen molar-refractivity contribution in [2.75, 3.05) is 6.61 Å². The van der Waals surface area contributed by atoms with Gasteiger partial charge < -0.3 is 10.1 Å². The van der Waals surface area contributed by atoms with Crippen LogP contribution in [0.25, 0.3) is 6.08 Å². The van der Waals surface area contributed by atoms with Crippen molar-refractivity contribution in [3.63, 3.8) is 0 Å². The fraction of sp³-hybridized carbons (Fsp3) is 0.211. The Labute approximate surface area is 141 Å². The number of amides is 1. The number of ether oxygens (including phenoxy) is 1. The molecule has 24 heavy (non-hydrogen) atoms. The van der Waals surface area contributed by atoms with E-state index in [2.05, 4.69) is 10.3 Å². The molecular weight excluding hydrogens is 304 g/mol. The highest BCUT2D eigenvalue weighted by Gasteiger charge is 2.11. The molecule has 0 bridgehead atoms. The number of hydrogen-bond acceptors (Lipinski definition) is 4. The van der Waals surface area contributed by atoms with Gasteiger partial charge in [-0.1, -0.05) is 30.3 Å². The second-order valence-corrected chi connectivity index (χ2v) is 5.15. The molecule has 124 valence electrons. The summed E-state index contributed by atoms with van der Waals surface area (Å²) in [7, 11) is 0. The number of aromatic nitrogens is 1. The van der Waals surface area contributed by atoms with E-state index in [1.54, 1.807) is 25.4 Å². The first-order valence-electron chi connectivity index (χ1n) is 7.76. The smallest absolute Gasteiger partial charge is 0.330 e. The topological polar surface area (TPSA) is 68.3 Å². The molecule has 0 aliphatic heterocycles. The minimum Gasteiger partial charge on any atom is -0.463 e. The van der Waals surface area contributed by atoms with Crippen LogP contribution in [0.2, 0.25) is 0 Å². The number of rotatable bonds is 8. The predicted octanol–water partition coefficient (Wildman–Crippen LogP) is 2.69. The van der Waals surface area contributed by atoms with Crippen molar-refractivity contribution in [2.24, 2.45) is 0 Å². The Morgan fingerprint density at radius 3 is 2.71 bits per heavy atom. The van der Waals surface area contributed by atoms with E-state index in [0.29, 0.717) is 19.4 Å². The molecule has 2 rings (SSSR count). The van der Waals surface area contributed by atoms with Crippen LogP contribution in [0.4, 0.5) is 0 Å². The highest BCUT2D eigenvalue weighted by molar-refractivity contribution is 5.87. The van der Waals surface area contributed by atoms with E-state index in [0.717, 1.165) is 16.7 Å². The molecule has 0 saturated carbocycles. The van der Waals surface area contributed by atoms with Gasteiger partial charge in [-0.3, -0.25) is 9.78 Å². The standard InChI is InChI=1S/C19H20N2O3/c1-2-24-19(23)10-9-15-5-7-16(8-6-15)12-18(21-14-22)17-4-3-11-20-13-17/h3-11,13-14,18H,2,12H2,1H3,(H,21,22)/b10-9+. The Hall–Kier alpha value is -2.95. The molecule has 2 aromatic rings. The van der Waals surface area contributed by atoms with Gasteiger partial charge in [0.15, 0.2) is 0 Å². The predicted molar refractivity (Wildman–Crippen MR) is 92.0 cm³/mol. The number of carbonyl (C=O) groups is 2. The first-order chi connectivity index (χ1) is 11.7. The molecule has 5 heteroatoms. The average molecular weight is 324 g/mol. The Balaban J connectivity index is 2.04. The van der Waals surface area contributed by atoms with E-state index >= 15 is 0 Å². The van der Waals surface area contributed by atoms with Crippen LogP contribution in [0.1, 0.15) is 29.7 Å². The zero-order valence-corrected chi connectivity index (χ0v) is 13.5. The van der Waals surface area contributed by atoms with Gasteiger partial charge in [0.2, 0.25) is 6.41 Å². The van der Waals surface area contributed by atoms with Gasteiger partial charge in [0.05, 0.1) is 12.6 Å². The molecule has 1 aromatic heterocycles. The summed E-state index contributed by atoms with van der Waals surface area (Å²) < 4.78 is 4.84. The van der Waals surface area contributed by atoms with Crippen LogP contribution in [0.15, 0.2) is 54.9 Å². The molecule has 0 radical (unpaired) electrons. The number of esters is 1. The zero-order chi connectivity index (χ0) is 17.2. The highest BCUT2D eigenvalue weighted by atomic mass is 16.5. The van der Waals surface area contributed by atoms with Crippen molar-refractivity contribution in [1.82, 2.24) is 10.3 Å². The molecule has 0 spiro atoms. The lowest BCUT2D eigenvalue weighted by atomic mass is 9.99. The molecule has 1 heterocycles. The van der Waals surface area contributed by atoms with Crippen molar-refractivity contribution in [3.05, 3.63) is 71.6 Å². The van der Waals surface area contributed by atoms with Gasteiger partial charge in [0.25, 0.3) is 0 Å². The van der Waals surface area contributed by atoms with Crippen molar-refractivity contribution in [1.29, 1.82) is 0 Å². The van der Waals surface area contributed by atoms with E-state index in [-0.39, 0.29) is 12.0 Å². The molecule has 5 nitrogen and oxygen atoms in total. The monoisotopic (exact) mass is 324 g/mol. The van der Waals surface area contributed by atoms with Crippen molar-refractivity contribution < 1.29 is 14.3 Å². The quantitative estimate of drug-likeness (QED) is 0.460. The maximum Gasteiger partial charge on any atom is 0.330 e. The zero-order valence-electron chi connectivity index (χ0n) is 13.5. The van der Waals surface area contributed by atoms with E-state index in [9.17, 15) is 9.59 Å². The molecule has 1 amide bonds. The first-order valence-corrected chi connectivity index (χ1v) is 7.76. The van der Waals surface area contributed by atoms with Crippen LogP contribution in [0, 0.1) is 0 Å². The Bertz CT molecular complexity index is 682. The summed E-state index contributed by atoms with van der Waals surface area (Å²) in [6.07, 6.45) is 7.93. The molecule has 0 aliphatic carbocycles. The second kappa shape index (κ2) is 9.25. The summed E-state index contributed by atoms with van der Waals surface area (Å²) in [6.45, 7) is 2.13. The lowest BCUT2D eigenvalue weighted by Gasteiger charge is -2.16. The largest absolute Gasteiger partial charge is 0.463 e. The fourth-order valence-electron chi connectivity index (χ4n) is 2.29. The third-order valence-electron chi connectivity index (χ3n) is 3.47. The molecule has 1 atom stereocenters. The third-order valence-corrected chi connectivity index (χ3v) is 3.47. The molecule has 1 unspecified atom stereocenters. The van der Waals surface area contributed by atoms with Gasteiger partial charge in [0, 0.05) is 18.5 Å². The summed E-state index contributed by atoms with van der Waals surface area (Å²) in [5.74, 6) is -0.353. The van der Waals surface area contributed by atoms with Crippen molar-refractivity contribution in [3.8, 4) is 0 Å². The van der Waals surface area contributed by atoms with E-state index in [1.165, 1.54) is 6.08 Å². The van der Waals surface area contributed by atoms with Crippen LogP contribution in [0.5, 0.6) is 0 Å². The maximum absolute atomic E-state index is 11.3. The van der Waals surface area contributed by atoms with Crippen LogP contribution in [-0.2, 0) is 20.7 Å². The summed E-state index contributed by atoms with van der Waals surface area (Å²) in [5, 5.41) is 2.82. The lowest BCUT2D eigenvalue weighted by molar-refractivity contribution is -0.137.